The molecule has 0 aliphatic carbocycles. The number of halogens is 2. The summed E-state index contributed by atoms with van der Waals surface area (Å²) in [5.41, 5.74) is 1.36. The Labute approximate surface area is 199 Å². The Morgan fingerprint density at radius 2 is 1.59 bits per heavy atom. The van der Waals surface area contributed by atoms with E-state index in [1.54, 1.807) is 18.2 Å². The average molecular weight is 491 g/mol. The van der Waals surface area contributed by atoms with Crippen LogP contribution in [0, 0.1) is 0 Å². The number of benzene rings is 3. The fourth-order valence-electron chi connectivity index (χ4n) is 3.25. The number of sulfonamides is 1. The second kappa shape index (κ2) is 10.9. The minimum absolute atomic E-state index is 0.0657. The molecular weight excluding hydrogens is 467 g/mol. The minimum atomic E-state index is -4.03. The molecule has 3 aromatic rings. The summed E-state index contributed by atoms with van der Waals surface area (Å²) in [6, 6.07) is 22.3. The van der Waals surface area contributed by atoms with Crippen LogP contribution in [-0.4, -0.2) is 26.9 Å². The van der Waals surface area contributed by atoms with Crippen molar-refractivity contribution in [3.63, 3.8) is 0 Å². The molecule has 32 heavy (non-hydrogen) atoms. The Bertz CT molecular complexity index is 1160. The van der Waals surface area contributed by atoms with E-state index in [2.05, 4.69) is 5.32 Å². The van der Waals surface area contributed by atoms with Crippen molar-refractivity contribution in [2.75, 3.05) is 10.8 Å². The molecule has 0 spiro atoms. The predicted octanol–water partition coefficient (Wildman–Crippen LogP) is 5.33. The lowest BCUT2D eigenvalue weighted by Crippen LogP contribution is -2.43. The van der Waals surface area contributed by atoms with Gasteiger partial charge in [-0.05, 0) is 55.7 Å². The second-order valence-corrected chi connectivity index (χ2v) is 10.1. The first-order valence-electron chi connectivity index (χ1n) is 10.1. The van der Waals surface area contributed by atoms with Crippen molar-refractivity contribution in [3.8, 4) is 0 Å². The van der Waals surface area contributed by atoms with Crippen molar-refractivity contribution in [3.05, 3.63) is 94.5 Å². The van der Waals surface area contributed by atoms with Gasteiger partial charge < -0.3 is 5.32 Å². The van der Waals surface area contributed by atoms with E-state index >= 15 is 0 Å². The number of hydrogen-bond acceptors (Lipinski definition) is 3. The minimum Gasteiger partial charge on any atom is -0.352 e. The fraction of sp³-hybridized carbons (Fsp3) is 0.208. The maximum Gasteiger partial charge on any atom is 0.264 e. The van der Waals surface area contributed by atoms with Gasteiger partial charge in [0, 0.05) is 11.1 Å². The van der Waals surface area contributed by atoms with Gasteiger partial charge in [-0.25, -0.2) is 8.42 Å². The zero-order valence-electron chi connectivity index (χ0n) is 17.5. The van der Waals surface area contributed by atoms with Crippen molar-refractivity contribution in [1.29, 1.82) is 0 Å². The molecule has 0 fully saturated rings. The maximum absolute atomic E-state index is 13.4. The predicted molar refractivity (Wildman–Crippen MR) is 130 cm³/mol. The van der Waals surface area contributed by atoms with Gasteiger partial charge in [0.15, 0.2) is 0 Å². The molecule has 168 valence electrons. The summed E-state index contributed by atoms with van der Waals surface area (Å²) in [4.78, 5) is 12.9. The molecule has 0 heterocycles. The Balaban J connectivity index is 1.78. The van der Waals surface area contributed by atoms with Gasteiger partial charge >= 0.3 is 0 Å². The van der Waals surface area contributed by atoms with Gasteiger partial charge in [-0.2, -0.15) is 0 Å². The molecule has 0 aliphatic rings. The van der Waals surface area contributed by atoms with Gasteiger partial charge in [0.05, 0.1) is 15.6 Å². The zero-order chi connectivity index (χ0) is 23.1. The molecule has 0 saturated carbocycles. The highest BCUT2D eigenvalue weighted by Crippen LogP contribution is 2.32. The molecule has 0 unspecified atom stereocenters. The summed E-state index contributed by atoms with van der Waals surface area (Å²) >= 11 is 12.3. The van der Waals surface area contributed by atoms with E-state index in [1.807, 2.05) is 37.3 Å². The maximum atomic E-state index is 13.4. The average Bonchev–Trinajstić information content (AvgIpc) is 2.78. The molecule has 1 atom stereocenters. The van der Waals surface area contributed by atoms with Crippen LogP contribution in [0.1, 0.15) is 18.9 Å². The van der Waals surface area contributed by atoms with Crippen LogP contribution in [0.3, 0.4) is 0 Å². The van der Waals surface area contributed by atoms with Crippen LogP contribution >= 0.6 is 23.2 Å². The fourth-order valence-corrected chi connectivity index (χ4v) is 5.28. The third kappa shape index (κ3) is 6.25. The summed E-state index contributed by atoms with van der Waals surface area (Å²) < 4.78 is 27.7. The molecule has 0 aromatic heterocycles. The van der Waals surface area contributed by atoms with E-state index < -0.39 is 22.5 Å². The van der Waals surface area contributed by atoms with E-state index in [0.717, 1.165) is 17.1 Å². The number of hydrogen-bond donors (Lipinski definition) is 1. The summed E-state index contributed by atoms with van der Waals surface area (Å²) in [7, 11) is -4.03. The van der Waals surface area contributed by atoms with E-state index in [1.165, 1.54) is 35.9 Å². The molecule has 8 heteroatoms. The lowest BCUT2D eigenvalue weighted by atomic mass is 10.1. The van der Waals surface area contributed by atoms with Crippen LogP contribution in [0.25, 0.3) is 0 Å². The van der Waals surface area contributed by atoms with Crippen LogP contribution in [0.5, 0.6) is 0 Å². The van der Waals surface area contributed by atoms with Crippen LogP contribution in [0.2, 0.25) is 10.0 Å². The molecule has 3 rings (SSSR count). The first-order valence-corrected chi connectivity index (χ1v) is 12.3. The molecular formula is C24H24Cl2N2O3S. The van der Waals surface area contributed by atoms with E-state index in [4.69, 9.17) is 23.2 Å². The summed E-state index contributed by atoms with van der Waals surface area (Å²) in [6.07, 6.45) is 1.53. The Hall–Kier alpha value is -2.54. The molecule has 0 aliphatic heterocycles. The molecule has 0 radical (unpaired) electrons. The van der Waals surface area contributed by atoms with Gasteiger partial charge in [-0.3, -0.25) is 9.10 Å². The largest absolute Gasteiger partial charge is 0.352 e. The molecule has 3 aromatic carbocycles. The van der Waals surface area contributed by atoms with Crippen LogP contribution in [-0.2, 0) is 21.2 Å². The number of carbonyl (C=O) groups excluding carboxylic acids is 1. The van der Waals surface area contributed by atoms with Crippen molar-refractivity contribution in [1.82, 2.24) is 5.32 Å². The number of nitrogens with zero attached hydrogens (tertiary/aromatic N) is 1. The van der Waals surface area contributed by atoms with Gasteiger partial charge in [0.2, 0.25) is 5.91 Å². The molecule has 1 N–H and O–H groups in total. The Morgan fingerprint density at radius 1 is 0.969 bits per heavy atom. The van der Waals surface area contributed by atoms with Crippen LogP contribution in [0.15, 0.2) is 83.8 Å². The quantitative estimate of drug-likeness (QED) is 0.440. The number of carbonyl (C=O) groups is 1. The van der Waals surface area contributed by atoms with E-state index in [9.17, 15) is 13.2 Å². The number of nitrogens with one attached hydrogen (secondary N) is 1. The molecule has 5 nitrogen and oxygen atoms in total. The lowest BCUT2D eigenvalue weighted by molar-refractivity contribution is -0.120. The summed E-state index contributed by atoms with van der Waals surface area (Å²) in [6.45, 7) is 1.49. The van der Waals surface area contributed by atoms with Crippen LogP contribution in [0.4, 0.5) is 5.69 Å². The number of amides is 1. The van der Waals surface area contributed by atoms with Crippen molar-refractivity contribution in [2.24, 2.45) is 0 Å². The van der Waals surface area contributed by atoms with Crippen molar-refractivity contribution < 1.29 is 13.2 Å². The topological polar surface area (TPSA) is 66.5 Å². The molecule has 0 saturated heterocycles. The van der Waals surface area contributed by atoms with Crippen LogP contribution < -0.4 is 9.62 Å². The number of rotatable bonds is 9. The van der Waals surface area contributed by atoms with Gasteiger partial charge in [0.25, 0.3) is 10.0 Å². The SMILES string of the molecule is C[C@@H](CCc1ccccc1)NC(=O)CN(c1ccc(Cl)cc1Cl)S(=O)(=O)c1ccccc1. The third-order valence-electron chi connectivity index (χ3n) is 4.91. The van der Waals surface area contributed by atoms with E-state index in [-0.39, 0.29) is 21.6 Å². The van der Waals surface area contributed by atoms with Gasteiger partial charge in [-0.15, -0.1) is 0 Å². The van der Waals surface area contributed by atoms with Gasteiger partial charge in [-0.1, -0.05) is 71.7 Å². The number of anilines is 1. The highest BCUT2D eigenvalue weighted by atomic mass is 35.5. The van der Waals surface area contributed by atoms with Gasteiger partial charge in [0.1, 0.15) is 6.54 Å². The standard InChI is InChI=1S/C24H24Cl2N2O3S/c1-18(12-13-19-8-4-2-5-9-19)27-24(29)17-28(23-15-14-20(25)16-22(23)26)32(30,31)21-10-6-3-7-11-21/h2-11,14-16,18H,12-13,17H2,1H3,(H,27,29)/t18-/m0/s1. The highest BCUT2D eigenvalue weighted by molar-refractivity contribution is 7.92. The summed E-state index contributed by atoms with van der Waals surface area (Å²) in [5, 5.41) is 3.40. The smallest absolute Gasteiger partial charge is 0.264 e. The number of aryl methyl sites for hydroxylation is 1. The Kier molecular flexibility index (Phi) is 8.18. The highest BCUT2D eigenvalue weighted by Gasteiger charge is 2.29. The van der Waals surface area contributed by atoms with Crippen molar-refractivity contribution in [2.45, 2.75) is 30.7 Å². The molecule has 1 amide bonds. The lowest BCUT2D eigenvalue weighted by Gasteiger charge is -2.26. The van der Waals surface area contributed by atoms with E-state index in [0.29, 0.717) is 5.02 Å². The first kappa shape index (κ1) is 24.1. The normalized spacial score (nSPS) is 12.2. The summed E-state index contributed by atoms with van der Waals surface area (Å²) in [5.74, 6) is -0.420. The molecule has 0 bridgehead atoms. The third-order valence-corrected chi connectivity index (χ3v) is 7.22. The Morgan fingerprint density at radius 3 is 2.22 bits per heavy atom. The van der Waals surface area contributed by atoms with Crippen molar-refractivity contribution >= 4 is 44.8 Å². The first-order chi connectivity index (χ1) is 15.3. The zero-order valence-corrected chi connectivity index (χ0v) is 19.9. The second-order valence-electron chi connectivity index (χ2n) is 7.41. The monoisotopic (exact) mass is 490 g/mol.